The quantitative estimate of drug-likeness (QED) is 0.0626. The fourth-order valence-electron chi connectivity index (χ4n) is 4.84. The molecule has 0 saturated carbocycles. The molecule has 0 aliphatic carbocycles. The molecule has 0 aromatic carbocycles. The summed E-state index contributed by atoms with van der Waals surface area (Å²) in [5.41, 5.74) is 0. The molecule has 2 heterocycles. The highest BCUT2D eigenvalue weighted by molar-refractivity contribution is 5.70. The average Bonchev–Trinajstić information content (AvgIpc) is 3.00. The van der Waals surface area contributed by atoms with Gasteiger partial charge in [-0.2, -0.15) is 0 Å². The summed E-state index contributed by atoms with van der Waals surface area (Å²) in [5.74, 6) is -0.997. The second-order valence-corrected chi connectivity index (χ2v) is 11.3. The lowest BCUT2D eigenvalue weighted by molar-refractivity contribution is -0.332. The SMILES string of the molecule is CCCCCCCCCC(=O)OC(COC(=O)CCC)COC1OC(COC2OC(CO)C(O)C(O)C2O)C(O)C(O)C1O. The van der Waals surface area contributed by atoms with Gasteiger partial charge in [-0.05, 0) is 12.8 Å². The van der Waals surface area contributed by atoms with Gasteiger partial charge in [0.05, 0.1) is 19.8 Å². The Morgan fingerprint density at radius 1 is 0.636 bits per heavy atom. The highest BCUT2D eigenvalue weighted by Crippen LogP contribution is 2.26. The van der Waals surface area contributed by atoms with Crippen LogP contribution in [0.3, 0.4) is 0 Å². The van der Waals surface area contributed by atoms with E-state index in [1.54, 1.807) is 0 Å². The van der Waals surface area contributed by atoms with Crippen molar-refractivity contribution in [2.24, 2.45) is 0 Å². The Kier molecular flexibility index (Phi) is 18.1. The Bertz CT molecular complexity index is 814. The lowest BCUT2D eigenvalue weighted by atomic mass is 9.98. The highest BCUT2D eigenvalue weighted by atomic mass is 16.7. The van der Waals surface area contributed by atoms with Gasteiger partial charge in [-0.3, -0.25) is 9.59 Å². The molecular formula is C29H52O15. The normalized spacial score (nSPS) is 33.1. The molecule has 2 rings (SSSR count). The summed E-state index contributed by atoms with van der Waals surface area (Å²) in [7, 11) is 0. The largest absolute Gasteiger partial charge is 0.462 e. The highest BCUT2D eigenvalue weighted by Gasteiger charge is 2.47. The molecule has 15 heteroatoms. The lowest BCUT2D eigenvalue weighted by Gasteiger charge is -2.42. The Labute approximate surface area is 258 Å². The van der Waals surface area contributed by atoms with Gasteiger partial charge in [-0.1, -0.05) is 52.4 Å². The van der Waals surface area contributed by atoms with Gasteiger partial charge < -0.3 is 64.2 Å². The van der Waals surface area contributed by atoms with Crippen molar-refractivity contribution in [1.29, 1.82) is 0 Å². The van der Waals surface area contributed by atoms with Crippen LogP contribution in [0.2, 0.25) is 0 Å². The van der Waals surface area contributed by atoms with Crippen LogP contribution in [0.25, 0.3) is 0 Å². The first-order valence-corrected chi connectivity index (χ1v) is 15.6. The van der Waals surface area contributed by atoms with E-state index in [2.05, 4.69) is 6.92 Å². The van der Waals surface area contributed by atoms with Crippen molar-refractivity contribution < 1.29 is 73.8 Å². The minimum Gasteiger partial charge on any atom is -0.462 e. The Balaban J connectivity index is 1.94. The molecule has 2 aliphatic heterocycles. The smallest absolute Gasteiger partial charge is 0.306 e. The van der Waals surface area contributed by atoms with E-state index in [4.69, 9.17) is 28.4 Å². The molecule has 2 fully saturated rings. The summed E-state index contributed by atoms with van der Waals surface area (Å²) in [6, 6.07) is 0. The maximum Gasteiger partial charge on any atom is 0.306 e. The third-order valence-electron chi connectivity index (χ3n) is 7.56. The van der Waals surface area contributed by atoms with E-state index < -0.39 is 92.7 Å². The first-order valence-electron chi connectivity index (χ1n) is 15.6. The molecule has 0 aromatic rings. The van der Waals surface area contributed by atoms with E-state index in [1.165, 1.54) is 6.42 Å². The Hall–Kier alpha value is -1.50. The monoisotopic (exact) mass is 640 g/mol. The number of carbonyl (C=O) groups excluding carboxylic acids is 2. The number of rotatable bonds is 20. The summed E-state index contributed by atoms with van der Waals surface area (Å²) >= 11 is 0. The maximum absolute atomic E-state index is 12.5. The van der Waals surface area contributed by atoms with Crippen LogP contribution in [0.1, 0.15) is 78.1 Å². The zero-order valence-electron chi connectivity index (χ0n) is 25.6. The summed E-state index contributed by atoms with van der Waals surface area (Å²) in [5, 5.41) is 70.7. The molecule has 11 atom stereocenters. The molecule has 0 aromatic heterocycles. The van der Waals surface area contributed by atoms with Crippen LogP contribution in [-0.4, -0.2) is 142 Å². The molecule has 11 unspecified atom stereocenters. The van der Waals surface area contributed by atoms with Crippen LogP contribution in [0.4, 0.5) is 0 Å². The number of esters is 2. The van der Waals surface area contributed by atoms with Crippen molar-refractivity contribution in [2.75, 3.05) is 26.4 Å². The summed E-state index contributed by atoms with van der Waals surface area (Å²) in [4.78, 5) is 24.4. The Morgan fingerprint density at radius 2 is 1.20 bits per heavy atom. The average molecular weight is 641 g/mol. The van der Waals surface area contributed by atoms with E-state index in [0.29, 0.717) is 12.8 Å². The first-order chi connectivity index (χ1) is 21.0. The first kappa shape index (κ1) is 38.7. The number of aliphatic hydroxyl groups excluding tert-OH is 7. The van der Waals surface area contributed by atoms with E-state index in [1.807, 2.05) is 6.92 Å². The number of unbranched alkanes of at least 4 members (excludes halogenated alkanes) is 6. The van der Waals surface area contributed by atoms with Crippen LogP contribution in [0.5, 0.6) is 0 Å². The summed E-state index contributed by atoms with van der Waals surface area (Å²) in [6.07, 6.45) is -8.77. The number of hydrogen-bond acceptors (Lipinski definition) is 15. The molecular weight excluding hydrogens is 588 g/mol. The molecule has 2 saturated heterocycles. The molecule has 0 amide bonds. The van der Waals surface area contributed by atoms with Gasteiger partial charge >= 0.3 is 11.9 Å². The molecule has 7 N–H and O–H groups in total. The van der Waals surface area contributed by atoms with Crippen LogP contribution >= 0.6 is 0 Å². The molecule has 0 radical (unpaired) electrons. The third-order valence-corrected chi connectivity index (χ3v) is 7.56. The standard InChI is InChI=1S/C29H52O15/c1-3-5-6-7-8-9-10-12-21(32)42-17(14-39-20(31)11-4-2)15-40-28-27(38)25(36)23(34)19(44-28)16-41-29-26(37)24(35)22(33)18(13-30)43-29/h17-19,22-30,33-38H,3-16H2,1-2H3. The van der Waals surface area contributed by atoms with Crippen molar-refractivity contribution in [2.45, 2.75) is 146 Å². The van der Waals surface area contributed by atoms with Crippen LogP contribution in [0.15, 0.2) is 0 Å². The second-order valence-electron chi connectivity index (χ2n) is 11.3. The van der Waals surface area contributed by atoms with Gasteiger partial charge in [0, 0.05) is 12.8 Å². The summed E-state index contributed by atoms with van der Waals surface area (Å²) < 4.78 is 32.6. The van der Waals surface area contributed by atoms with Crippen LogP contribution in [0, 0.1) is 0 Å². The number of carbonyl (C=O) groups is 2. The van der Waals surface area contributed by atoms with E-state index in [9.17, 15) is 45.3 Å². The predicted octanol–water partition coefficient (Wildman–Crippen LogP) is -0.977. The predicted molar refractivity (Wildman–Crippen MR) is 151 cm³/mol. The van der Waals surface area contributed by atoms with Gasteiger partial charge in [0.1, 0.15) is 55.4 Å². The minimum absolute atomic E-state index is 0.165. The van der Waals surface area contributed by atoms with Gasteiger partial charge in [-0.25, -0.2) is 0 Å². The molecule has 44 heavy (non-hydrogen) atoms. The number of aliphatic hydroxyl groups is 7. The van der Waals surface area contributed by atoms with Crippen molar-refractivity contribution in [3.8, 4) is 0 Å². The maximum atomic E-state index is 12.5. The van der Waals surface area contributed by atoms with Crippen molar-refractivity contribution in [3.63, 3.8) is 0 Å². The topological polar surface area (TPSA) is 231 Å². The van der Waals surface area contributed by atoms with E-state index in [0.717, 1.165) is 32.1 Å². The van der Waals surface area contributed by atoms with E-state index in [-0.39, 0.29) is 26.1 Å². The van der Waals surface area contributed by atoms with Gasteiger partial charge in [0.25, 0.3) is 0 Å². The van der Waals surface area contributed by atoms with Crippen molar-refractivity contribution in [1.82, 2.24) is 0 Å². The lowest BCUT2D eigenvalue weighted by Crippen LogP contribution is -2.61. The zero-order valence-corrected chi connectivity index (χ0v) is 25.6. The number of hydrogen-bond donors (Lipinski definition) is 7. The second kappa shape index (κ2) is 20.6. The third kappa shape index (κ3) is 12.4. The molecule has 2 aliphatic rings. The van der Waals surface area contributed by atoms with Gasteiger partial charge in [0.15, 0.2) is 18.7 Å². The summed E-state index contributed by atoms with van der Waals surface area (Å²) in [6.45, 7) is 2.06. The number of ether oxygens (including phenoxy) is 6. The van der Waals surface area contributed by atoms with Gasteiger partial charge in [0.2, 0.25) is 0 Å². The fourth-order valence-corrected chi connectivity index (χ4v) is 4.84. The van der Waals surface area contributed by atoms with Gasteiger partial charge in [-0.15, -0.1) is 0 Å². The molecule has 15 nitrogen and oxygen atoms in total. The molecule has 0 bridgehead atoms. The Morgan fingerprint density at radius 3 is 1.82 bits per heavy atom. The van der Waals surface area contributed by atoms with Crippen molar-refractivity contribution in [3.05, 3.63) is 0 Å². The zero-order chi connectivity index (χ0) is 32.6. The van der Waals surface area contributed by atoms with Crippen LogP contribution < -0.4 is 0 Å². The van der Waals surface area contributed by atoms with Crippen molar-refractivity contribution >= 4 is 11.9 Å². The molecule has 0 spiro atoms. The van der Waals surface area contributed by atoms with E-state index >= 15 is 0 Å². The minimum atomic E-state index is -1.75. The van der Waals surface area contributed by atoms with Crippen LogP contribution in [-0.2, 0) is 38.0 Å². The fraction of sp³-hybridized carbons (Fsp3) is 0.931. The molecule has 258 valence electrons.